The Hall–Kier alpha value is 0.390. The Bertz CT molecular complexity index is 330. The lowest BCUT2D eigenvalue weighted by atomic mass is 10.1. The van der Waals surface area contributed by atoms with E-state index < -0.39 is 0 Å². The maximum atomic E-state index is 6.04. The first-order chi connectivity index (χ1) is 8.19. The van der Waals surface area contributed by atoms with Crippen LogP contribution in [0.5, 0.6) is 0 Å². The van der Waals surface area contributed by atoms with Gasteiger partial charge in [0.05, 0.1) is 6.10 Å². The first kappa shape index (κ1) is 15.4. The molecule has 0 heterocycles. The van der Waals surface area contributed by atoms with E-state index in [0.717, 1.165) is 15.5 Å². The highest BCUT2D eigenvalue weighted by Crippen LogP contribution is 2.28. The van der Waals surface area contributed by atoms with Gasteiger partial charge >= 0.3 is 0 Å². The van der Waals surface area contributed by atoms with Crippen LogP contribution in [0.4, 0.5) is 0 Å². The van der Waals surface area contributed by atoms with E-state index in [9.17, 15) is 0 Å². The van der Waals surface area contributed by atoms with Crippen molar-refractivity contribution in [3.05, 3.63) is 34.3 Å². The first-order valence-electron chi connectivity index (χ1n) is 6.11. The topological polar surface area (TPSA) is 9.23 Å². The van der Waals surface area contributed by atoms with Gasteiger partial charge < -0.3 is 4.74 Å². The molecular formula is C14H20BrIO. The molecule has 17 heavy (non-hydrogen) atoms. The minimum atomic E-state index is 0.200. The van der Waals surface area contributed by atoms with Crippen LogP contribution in [0.15, 0.2) is 28.7 Å². The predicted molar refractivity (Wildman–Crippen MR) is 85.8 cm³/mol. The van der Waals surface area contributed by atoms with Gasteiger partial charge in [0.25, 0.3) is 0 Å². The lowest BCUT2D eigenvalue weighted by Gasteiger charge is -2.20. The molecule has 0 fully saturated rings. The summed E-state index contributed by atoms with van der Waals surface area (Å²) in [6, 6.07) is 8.32. The Morgan fingerprint density at radius 1 is 1.35 bits per heavy atom. The van der Waals surface area contributed by atoms with Crippen molar-refractivity contribution in [3.8, 4) is 0 Å². The highest BCUT2D eigenvalue weighted by Gasteiger charge is 2.14. The van der Waals surface area contributed by atoms with Crippen LogP contribution in [0.2, 0.25) is 0 Å². The Labute approximate surface area is 127 Å². The van der Waals surface area contributed by atoms with E-state index in [1.807, 2.05) is 6.07 Å². The normalized spacial score (nSPS) is 14.6. The molecule has 0 spiro atoms. The van der Waals surface area contributed by atoms with Crippen molar-refractivity contribution in [3.63, 3.8) is 0 Å². The molecule has 0 aliphatic heterocycles. The SMILES string of the molecule is CCCC(C)COC(CI)c1ccccc1Br. The fourth-order valence-electron chi connectivity index (χ4n) is 1.81. The average molecular weight is 411 g/mol. The second-order valence-corrected chi connectivity index (χ2v) is 6.13. The van der Waals surface area contributed by atoms with E-state index in [2.05, 4.69) is 70.6 Å². The Balaban J connectivity index is 2.57. The van der Waals surface area contributed by atoms with E-state index >= 15 is 0 Å². The number of hydrogen-bond donors (Lipinski definition) is 0. The molecule has 2 atom stereocenters. The molecule has 0 bridgehead atoms. The molecule has 96 valence electrons. The van der Waals surface area contributed by atoms with Crippen molar-refractivity contribution in [2.75, 3.05) is 11.0 Å². The maximum Gasteiger partial charge on any atom is 0.0925 e. The van der Waals surface area contributed by atoms with E-state index in [1.165, 1.54) is 18.4 Å². The second-order valence-electron chi connectivity index (χ2n) is 4.39. The molecule has 0 amide bonds. The zero-order valence-electron chi connectivity index (χ0n) is 10.5. The van der Waals surface area contributed by atoms with Crippen molar-refractivity contribution in [1.29, 1.82) is 0 Å². The summed E-state index contributed by atoms with van der Waals surface area (Å²) in [6.07, 6.45) is 2.67. The molecule has 1 nitrogen and oxygen atoms in total. The second kappa shape index (κ2) is 8.48. The van der Waals surface area contributed by atoms with Gasteiger partial charge in [-0.3, -0.25) is 0 Å². The van der Waals surface area contributed by atoms with Gasteiger partial charge in [-0.2, -0.15) is 0 Å². The van der Waals surface area contributed by atoms with Crippen molar-refractivity contribution < 1.29 is 4.74 Å². The molecule has 3 heteroatoms. The van der Waals surface area contributed by atoms with Crippen LogP contribution in [0.1, 0.15) is 38.4 Å². The van der Waals surface area contributed by atoms with Crippen LogP contribution < -0.4 is 0 Å². The fraction of sp³-hybridized carbons (Fsp3) is 0.571. The number of halogens is 2. The third kappa shape index (κ3) is 5.26. The number of ether oxygens (including phenoxy) is 1. The molecule has 0 aromatic heterocycles. The molecular weight excluding hydrogens is 391 g/mol. The average Bonchev–Trinajstić information content (AvgIpc) is 2.32. The molecule has 1 rings (SSSR count). The molecule has 0 saturated carbocycles. The van der Waals surface area contributed by atoms with E-state index in [1.54, 1.807) is 0 Å². The van der Waals surface area contributed by atoms with Gasteiger partial charge in [-0.15, -0.1) is 0 Å². The molecule has 0 radical (unpaired) electrons. The lowest BCUT2D eigenvalue weighted by molar-refractivity contribution is 0.0455. The van der Waals surface area contributed by atoms with Crippen LogP contribution in [0, 0.1) is 5.92 Å². The maximum absolute atomic E-state index is 6.04. The van der Waals surface area contributed by atoms with E-state index in [0.29, 0.717) is 5.92 Å². The number of benzene rings is 1. The van der Waals surface area contributed by atoms with Gasteiger partial charge in [0, 0.05) is 15.5 Å². The number of alkyl halides is 1. The lowest BCUT2D eigenvalue weighted by Crippen LogP contribution is -2.12. The predicted octanol–water partition coefficient (Wildman–Crippen LogP) is 5.38. The van der Waals surface area contributed by atoms with Crippen molar-refractivity contribution in [1.82, 2.24) is 0 Å². The highest BCUT2D eigenvalue weighted by molar-refractivity contribution is 14.1. The van der Waals surface area contributed by atoms with E-state index in [4.69, 9.17) is 4.74 Å². The van der Waals surface area contributed by atoms with Crippen molar-refractivity contribution >= 4 is 38.5 Å². The summed E-state index contributed by atoms with van der Waals surface area (Å²) in [5.74, 6) is 0.646. The minimum absolute atomic E-state index is 0.200. The van der Waals surface area contributed by atoms with Crippen molar-refractivity contribution in [2.45, 2.75) is 32.8 Å². The smallest absolute Gasteiger partial charge is 0.0925 e. The van der Waals surface area contributed by atoms with Crippen LogP contribution in [0.3, 0.4) is 0 Å². The van der Waals surface area contributed by atoms with Gasteiger partial charge in [0.1, 0.15) is 0 Å². The van der Waals surface area contributed by atoms with Crippen molar-refractivity contribution in [2.24, 2.45) is 5.92 Å². The Kier molecular flexibility index (Phi) is 7.71. The molecule has 0 N–H and O–H groups in total. The summed E-state index contributed by atoms with van der Waals surface area (Å²) < 4.78 is 8.16. The van der Waals surface area contributed by atoms with Crippen LogP contribution >= 0.6 is 38.5 Å². The Morgan fingerprint density at radius 2 is 2.06 bits per heavy atom. The third-order valence-corrected chi connectivity index (χ3v) is 4.28. The minimum Gasteiger partial charge on any atom is -0.372 e. The first-order valence-corrected chi connectivity index (χ1v) is 8.42. The molecule has 0 aliphatic carbocycles. The van der Waals surface area contributed by atoms with Crippen LogP contribution in [0.25, 0.3) is 0 Å². The molecule has 1 aromatic rings. The highest BCUT2D eigenvalue weighted by atomic mass is 127. The monoisotopic (exact) mass is 410 g/mol. The summed E-state index contributed by atoms with van der Waals surface area (Å²) >= 11 is 5.98. The van der Waals surface area contributed by atoms with Crippen LogP contribution in [-0.2, 0) is 4.74 Å². The molecule has 2 unspecified atom stereocenters. The Morgan fingerprint density at radius 3 is 2.65 bits per heavy atom. The summed E-state index contributed by atoms with van der Waals surface area (Å²) in [5.41, 5.74) is 1.26. The zero-order chi connectivity index (χ0) is 12.7. The summed E-state index contributed by atoms with van der Waals surface area (Å²) in [6.45, 7) is 5.33. The van der Waals surface area contributed by atoms with E-state index in [-0.39, 0.29) is 6.10 Å². The van der Waals surface area contributed by atoms with Gasteiger partial charge in [0.2, 0.25) is 0 Å². The standard InChI is InChI=1S/C14H20BrIO/c1-3-6-11(2)10-17-14(9-16)12-7-4-5-8-13(12)15/h4-5,7-8,11,14H,3,6,9-10H2,1-2H3. The summed E-state index contributed by atoms with van der Waals surface area (Å²) in [5, 5.41) is 0. The molecule has 1 aromatic carbocycles. The van der Waals surface area contributed by atoms with Gasteiger partial charge in [-0.25, -0.2) is 0 Å². The zero-order valence-corrected chi connectivity index (χ0v) is 14.2. The quantitative estimate of drug-likeness (QED) is 0.433. The molecule has 0 aliphatic rings. The number of hydrogen-bond acceptors (Lipinski definition) is 1. The largest absolute Gasteiger partial charge is 0.372 e. The van der Waals surface area contributed by atoms with Gasteiger partial charge in [-0.1, -0.05) is 77.0 Å². The fourth-order valence-corrected chi connectivity index (χ4v) is 3.08. The van der Waals surface area contributed by atoms with Gasteiger partial charge in [-0.05, 0) is 24.0 Å². The molecule has 0 saturated heterocycles. The number of rotatable bonds is 7. The van der Waals surface area contributed by atoms with Crippen LogP contribution in [-0.4, -0.2) is 11.0 Å². The van der Waals surface area contributed by atoms with Gasteiger partial charge in [0.15, 0.2) is 0 Å². The summed E-state index contributed by atoms with van der Waals surface area (Å²) in [7, 11) is 0. The third-order valence-electron chi connectivity index (χ3n) is 2.76. The summed E-state index contributed by atoms with van der Waals surface area (Å²) in [4.78, 5) is 0.